The predicted octanol–water partition coefficient (Wildman–Crippen LogP) is 1.61. The summed E-state index contributed by atoms with van der Waals surface area (Å²) in [5.41, 5.74) is 5.73. The van der Waals surface area contributed by atoms with E-state index in [0.29, 0.717) is 17.9 Å². The van der Waals surface area contributed by atoms with Crippen molar-refractivity contribution in [3.63, 3.8) is 0 Å². The highest BCUT2D eigenvalue weighted by molar-refractivity contribution is 6.00. The maximum absolute atomic E-state index is 14.4. The summed E-state index contributed by atoms with van der Waals surface area (Å²) in [6.07, 6.45) is 1.44. The van der Waals surface area contributed by atoms with Crippen LogP contribution < -0.4 is 11.1 Å². The highest BCUT2D eigenvalue weighted by Gasteiger charge is 2.19. The maximum Gasteiger partial charge on any atom is 0.255 e. The Bertz CT molecular complexity index is 1090. The minimum atomic E-state index is -1.08. The molecule has 2 heterocycles. The molecule has 0 aliphatic rings. The van der Waals surface area contributed by atoms with Crippen LogP contribution in [0.3, 0.4) is 0 Å². The molecule has 0 saturated carbocycles. The van der Waals surface area contributed by atoms with Crippen LogP contribution in [0.25, 0.3) is 11.0 Å². The van der Waals surface area contributed by atoms with Gasteiger partial charge >= 0.3 is 0 Å². The molecule has 0 saturated heterocycles. The summed E-state index contributed by atoms with van der Waals surface area (Å²) in [5, 5.41) is 6.90. The van der Waals surface area contributed by atoms with Gasteiger partial charge in [0.1, 0.15) is 16.9 Å². The van der Waals surface area contributed by atoms with Gasteiger partial charge in [-0.1, -0.05) is 5.92 Å². The number of halogens is 2. The Balaban J connectivity index is 2.15. The van der Waals surface area contributed by atoms with Gasteiger partial charge in [-0.25, -0.2) is 13.8 Å². The van der Waals surface area contributed by atoms with E-state index in [-0.39, 0.29) is 22.3 Å². The van der Waals surface area contributed by atoms with Gasteiger partial charge in [-0.2, -0.15) is 5.10 Å². The van der Waals surface area contributed by atoms with Crippen molar-refractivity contribution in [3.8, 4) is 11.8 Å². The fourth-order valence-electron chi connectivity index (χ4n) is 2.75. The van der Waals surface area contributed by atoms with Crippen molar-refractivity contribution in [2.75, 3.05) is 12.4 Å². The number of hydrogen-bond donors (Lipinski definition) is 2. The Morgan fingerprint density at radius 1 is 1.35 bits per heavy atom. The summed E-state index contributed by atoms with van der Waals surface area (Å²) in [7, 11) is 3.21. The molecule has 0 fully saturated rings. The van der Waals surface area contributed by atoms with E-state index in [1.807, 2.05) is 0 Å². The lowest BCUT2D eigenvalue weighted by molar-refractivity contribution is 0.100. The monoisotopic (exact) mass is 358 g/mol. The second kappa shape index (κ2) is 6.48. The fraction of sp³-hybridized carbons (Fsp3) is 0.235. The van der Waals surface area contributed by atoms with Crippen molar-refractivity contribution in [1.82, 2.24) is 19.3 Å². The van der Waals surface area contributed by atoms with Crippen LogP contribution in [0.5, 0.6) is 0 Å². The second-order valence-electron chi connectivity index (χ2n) is 5.51. The summed E-state index contributed by atoms with van der Waals surface area (Å²) < 4.78 is 31.7. The molecule has 2 aromatic heterocycles. The van der Waals surface area contributed by atoms with Gasteiger partial charge < -0.3 is 15.6 Å². The smallest absolute Gasteiger partial charge is 0.255 e. The number of aromatic nitrogens is 4. The van der Waals surface area contributed by atoms with Gasteiger partial charge in [-0.3, -0.25) is 9.48 Å². The molecule has 0 radical (unpaired) electrons. The molecule has 0 bridgehead atoms. The number of rotatable bonds is 3. The predicted molar refractivity (Wildman–Crippen MR) is 92.6 cm³/mol. The summed E-state index contributed by atoms with van der Waals surface area (Å²) in [5.74, 6) is 2.68. The van der Waals surface area contributed by atoms with E-state index in [1.165, 1.54) is 21.6 Å². The van der Waals surface area contributed by atoms with Crippen LogP contribution in [0.2, 0.25) is 0 Å². The summed E-state index contributed by atoms with van der Waals surface area (Å²) in [6, 6.07) is 1.36. The number of primary amides is 1. The van der Waals surface area contributed by atoms with Gasteiger partial charge in [-0.15, -0.1) is 0 Å². The van der Waals surface area contributed by atoms with Crippen LogP contribution in [0.4, 0.5) is 14.6 Å². The molecule has 0 spiro atoms. The Hall–Kier alpha value is -3.41. The number of aryl methyl sites for hydroxylation is 2. The molecule has 0 atom stereocenters. The van der Waals surface area contributed by atoms with Gasteiger partial charge in [0, 0.05) is 20.6 Å². The number of nitrogens with one attached hydrogen (secondary N) is 1. The molecule has 7 nitrogen and oxygen atoms in total. The molecule has 26 heavy (non-hydrogen) atoms. The highest BCUT2D eigenvalue weighted by Crippen LogP contribution is 2.23. The van der Waals surface area contributed by atoms with E-state index >= 15 is 0 Å². The van der Waals surface area contributed by atoms with Crippen LogP contribution in [-0.2, 0) is 13.6 Å². The number of amides is 1. The zero-order valence-corrected chi connectivity index (χ0v) is 14.4. The zero-order valence-electron chi connectivity index (χ0n) is 14.4. The molecule has 3 aromatic rings. The standard InChI is InChI=1S/C17H16F2N6O/c1-4-25-8-22-11-7-9(13(18)14(19)15(11)25)5-6-10-12(16(20)26)17(21-2)24(3)23-10/h7-8,21H,4H2,1-3H3,(H2,20,26). The highest BCUT2D eigenvalue weighted by atomic mass is 19.2. The average molecular weight is 358 g/mol. The number of benzene rings is 1. The third kappa shape index (κ3) is 2.65. The number of anilines is 1. The molecule has 0 aliphatic heterocycles. The van der Waals surface area contributed by atoms with Crippen LogP contribution in [0.15, 0.2) is 12.4 Å². The van der Waals surface area contributed by atoms with Crippen molar-refractivity contribution < 1.29 is 13.6 Å². The quantitative estimate of drug-likeness (QED) is 0.696. The lowest BCUT2D eigenvalue weighted by Gasteiger charge is -2.02. The molecular formula is C17H16F2N6O. The third-order valence-corrected chi connectivity index (χ3v) is 3.97. The third-order valence-electron chi connectivity index (χ3n) is 3.97. The van der Waals surface area contributed by atoms with Gasteiger partial charge in [0.25, 0.3) is 5.91 Å². The van der Waals surface area contributed by atoms with Crippen molar-refractivity contribution >= 4 is 22.8 Å². The molecule has 1 amide bonds. The normalized spacial score (nSPS) is 10.7. The molecule has 134 valence electrons. The molecule has 3 N–H and O–H groups in total. The molecule has 0 unspecified atom stereocenters. The van der Waals surface area contributed by atoms with E-state index in [9.17, 15) is 13.6 Å². The van der Waals surface area contributed by atoms with Crippen molar-refractivity contribution in [2.24, 2.45) is 12.8 Å². The molecular weight excluding hydrogens is 342 g/mol. The van der Waals surface area contributed by atoms with E-state index < -0.39 is 17.5 Å². The van der Waals surface area contributed by atoms with Gasteiger partial charge in [0.15, 0.2) is 17.3 Å². The van der Waals surface area contributed by atoms with Crippen molar-refractivity contribution in [1.29, 1.82) is 0 Å². The minimum Gasteiger partial charge on any atom is -0.373 e. The second-order valence-corrected chi connectivity index (χ2v) is 5.51. The van der Waals surface area contributed by atoms with Gasteiger partial charge in [0.2, 0.25) is 0 Å². The van der Waals surface area contributed by atoms with E-state index in [1.54, 1.807) is 21.0 Å². The first-order valence-corrected chi connectivity index (χ1v) is 7.78. The summed E-state index contributed by atoms with van der Waals surface area (Å²) in [4.78, 5) is 15.7. The maximum atomic E-state index is 14.4. The first-order valence-electron chi connectivity index (χ1n) is 7.78. The number of carbonyl (C=O) groups is 1. The Kier molecular flexibility index (Phi) is 4.34. The number of carbonyl (C=O) groups excluding carboxylic acids is 1. The van der Waals surface area contributed by atoms with Crippen molar-refractivity contribution in [2.45, 2.75) is 13.5 Å². The van der Waals surface area contributed by atoms with E-state index in [4.69, 9.17) is 5.73 Å². The number of fused-ring (bicyclic) bond motifs is 1. The number of hydrogen-bond acceptors (Lipinski definition) is 4. The van der Waals surface area contributed by atoms with Gasteiger partial charge in [0.05, 0.1) is 17.4 Å². The number of nitrogens with zero attached hydrogens (tertiary/aromatic N) is 4. The SMILES string of the molecule is CCn1cnc2cc(C#Cc3nn(C)c(NC)c3C(N)=O)c(F)c(F)c21. The number of nitrogens with two attached hydrogens (primary N) is 1. The van der Waals surface area contributed by atoms with E-state index in [0.717, 1.165) is 0 Å². The van der Waals surface area contributed by atoms with Crippen LogP contribution in [0, 0.1) is 23.5 Å². The Labute approximate surface area is 147 Å². The van der Waals surface area contributed by atoms with Crippen LogP contribution in [-0.4, -0.2) is 32.3 Å². The zero-order chi connectivity index (χ0) is 19.0. The molecule has 0 aliphatic carbocycles. The molecule has 3 rings (SSSR count). The van der Waals surface area contributed by atoms with Crippen LogP contribution in [0.1, 0.15) is 28.5 Å². The lowest BCUT2D eigenvalue weighted by atomic mass is 10.1. The minimum absolute atomic E-state index is 0.0725. The Morgan fingerprint density at radius 3 is 2.69 bits per heavy atom. The first kappa shape index (κ1) is 17.4. The molecule has 9 heteroatoms. The fourth-order valence-corrected chi connectivity index (χ4v) is 2.75. The topological polar surface area (TPSA) is 90.8 Å². The summed E-state index contributed by atoms with van der Waals surface area (Å²) in [6.45, 7) is 2.26. The summed E-state index contributed by atoms with van der Waals surface area (Å²) >= 11 is 0. The van der Waals surface area contributed by atoms with Gasteiger partial charge in [-0.05, 0) is 18.9 Å². The number of imidazole rings is 1. The Morgan fingerprint density at radius 2 is 2.08 bits per heavy atom. The first-order chi connectivity index (χ1) is 12.4. The van der Waals surface area contributed by atoms with Crippen LogP contribution >= 0.6 is 0 Å². The average Bonchev–Trinajstić information content (AvgIpc) is 3.16. The lowest BCUT2D eigenvalue weighted by Crippen LogP contribution is -2.14. The van der Waals surface area contributed by atoms with E-state index in [2.05, 4.69) is 27.2 Å². The van der Waals surface area contributed by atoms with Crippen molar-refractivity contribution in [3.05, 3.63) is 40.8 Å². The molecule has 1 aromatic carbocycles. The largest absolute Gasteiger partial charge is 0.373 e.